The van der Waals surface area contributed by atoms with Crippen molar-refractivity contribution in [1.29, 1.82) is 0 Å². The molecule has 6 nitrogen and oxygen atoms in total. The number of ether oxygens (including phenoxy) is 2. The highest BCUT2D eigenvalue weighted by Gasteiger charge is 2.32. The van der Waals surface area contributed by atoms with Gasteiger partial charge in [0.2, 0.25) is 10.0 Å². The number of hydrogen-bond donors (Lipinski definition) is 1. The van der Waals surface area contributed by atoms with Crippen LogP contribution in [0.25, 0.3) is 11.1 Å². The molecule has 0 bridgehead atoms. The lowest BCUT2D eigenvalue weighted by Gasteiger charge is -2.31. The predicted octanol–water partition coefficient (Wildman–Crippen LogP) is 3.49. The lowest BCUT2D eigenvalue weighted by Crippen LogP contribution is -2.47. The van der Waals surface area contributed by atoms with Crippen LogP contribution in [0.15, 0.2) is 42.6 Å². The smallest absolute Gasteiger partial charge is 0.433 e. The van der Waals surface area contributed by atoms with Gasteiger partial charge in [-0.1, -0.05) is 18.2 Å². The van der Waals surface area contributed by atoms with Crippen molar-refractivity contribution < 1.29 is 31.1 Å². The van der Waals surface area contributed by atoms with Crippen molar-refractivity contribution in [3.05, 3.63) is 48.3 Å². The summed E-state index contributed by atoms with van der Waals surface area (Å²) >= 11 is 0. The highest BCUT2D eigenvalue weighted by molar-refractivity contribution is 7.89. The summed E-state index contributed by atoms with van der Waals surface area (Å²) in [4.78, 5) is 3.46. The molecule has 0 spiro atoms. The second-order valence-corrected chi connectivity index (χ2v) is 9.06. The third-order valence-electron chi connectivity index (χ3n) is 4.89. The number of halogens is 3. The number of alkyl halides is 3. The molecule has 0 saturated carbocycles. The molecule has 1 N–H and O–H groups in total. The summed E-state index contributed by atoms with van der Waals surface area (Å²) in [5, 5.41) is 0. The summed E-state index contributed by atoms with van der Waals surface area (Å²) in [7, 11) is -3.32. The molecule has 2 atom stereocenters. The van der Waals surface area contributed by atoms with Crippen LogP contribution in [-0.4, -0.2) is 45.0 Å². The van der Waals surface area contributed by atoms with Crippen LogP contribution >= 0.6 is 0 Å². The topological polar surface area (TPSA) is 77.5 Å². The lowest BCUT2D eigenvalue weighted by atomic mass is 9.98. The Balaban J connectivity index is 1.61. The van der Waals surface area contributed by atoms with Crippen LogP contribution in [0.2, 0.25) is 0 Å². The number of sulfonamides is 1. The third-order valence-corrected chi connectivity index (χ3v) is 6.31. The maximum atomic E-state index is 12.6. The SMILES string of the molecule is CCS(=O)(=O)N[C@H]1CCOC[C@@H]1COc1ccc(-c2ccc(C(F)(F)F)nc2)cc1. The van der Waals surface area contributed by atoms with E-state index in [1.807, 2.05) is 0 Å². The molecule has 30 heavy (non-hydrogen) atoms. The Hall–Kier alpha value is -2.17. The fourth-order valence-corrected chi connectivity index (χ4v) is 4.05. The van der Waals surface area contributed by atoms with E-state index >= 15 is 0 Å². The molecule has 1 aliphatic heterocycles. The van der Waals surface area contributed by atoms with Crippen LogP contribution in [0, 0.1) is 5.92 Å². The molecule has 164 valence electrons. The van der Waals surface area contributed by atoms with E-state index in [-0.39, 0.29) is 24.3 Å². The van der Waals surface area contributed by atoms with Gasteiger partial charge in [-0.2, -0.15) is 13.2 Å². The maximum absolute atomic E-state index is 12.6. The van der Waals surface area contributed by atoms with E-state index in [0.29, 0.717) is 36.5 Å². The van der Waals surface area contributed by atoms with Crippen LogP contribution in [-0.2, 0) is 20.9 Å². The number of nitrogens with zero attached hydrogens (tertiary/aromatic N) is 1. The Morgan fingerprint density at radius 2 is 1.87 bits per heavy atom. The summed E-state index contributed by atoms with van der Waals surface area (Å²) in [6, 6.07) is 8.95. The quantitative estimate of drug-likeness (QED) is 0.708. The van der Waals surface area contributed by atoms with Crippen molar-refractivity contribution in [3.8, 4) is 16.9 Å². The fraction of sp³-hybridized carbons (Fsp3) is 0.450. The van der Waals surface area contributed by atoms with E-state index in [4.69, 9.17) is 9.47 Å². The monoisotopic (exact) mass is 444 g/mol. The number of nitrogens with one attached hydrogen (secondary N) is 1. The normalized spacial score (nSPS) is 20.1. The Morgan fingerprint density at radius 1 is 1.17 bits per heavy atom. The summed E-state index contributed by atoms with van der Waals surface area (Å²) in [5.41, 5.74) is 0.330. The zero-order chi connectivity index (χ0) is 21.8. The van der Waals surface area contributed by atoms with Gasteiger partial charge < -0.3 is 9.47 Å². The molecule has 10 heteroatoms. The molecular weight excluding hydrogens is 421 g/mol. The van der Waals surface area contributed by atoms with E-state index in [0.717, 1.165) is 6.07 Å². The molecule has 1 aromatic carbocycles. The van der Waals surface area contributed by atoms with Gasteiger partial charge in [-0.3, -0.25) is 4.98 Å². The van der Waals surface area contributed by atoms with Crippen molar-refractivity contribution in [2.75, 3.05) is 25.6 Å². The molecule has 0 aliphatic carbocycles. The molecule has 2 aromatic rings. The first-order valence-electron chi connectivity index (χ1n) is 9.52. The van der Waals surface area contributed by atoms with Gasteiger partial charge in [0.05, 0.1) is 19.0 Å². The predicted molar refractivity (Wildman–Crippen MR) is 105 cm³/mol. The van der Waals surface area contributed by atoms with E-state index in [1.54, 1.807) is 31.2 Å². The lowest BCUT2D eigenvalue weighted by molar-refractivity contribution is -0.141. The highest BCUT2D eigenvalue weighted by Crippen LogP contribution is 2.29. The molecule has 0 amide bonds. The Labute approximate surface area is 173 Å². The summed E-state index contributed by atoms with van der Waals surface area (Å²) in [5.74, 6) is 0.457. The van der Waals surface area contributed by atoms with Gasteiger partial charge in [-0.25, -0.2) is 13.1 Å². The Bertz CT molecular complexity index is 932. The van der Waals surface area contributed by atoms with Crippen LogP contribution in [0.4, 0.5) is 13.2 Å². The van der Waals surface area contributed by atoms with Crippen molar-refractivity contribution >= 4 is 10.0 Å². The molecule has 1 saturated heterocycles. The molecular formula is C20H23F3N2O4S. The van der Waals surface area contributed by atoms with Crippen molar-refractivity contribution in [1.82, 2.24) is 9.71 Å². The van der Waals surface area contributed by atoms with Crippen LogP contribution < -0.4 is 9.46 Å². The summed E-state index contributed by atoms with van der Waals surface area (Å²) in [6.45, 7) is 2.74. The zero-order valence-corrected chi connectivity index (χ0v) is 17.2. The van der Waals surface area contributed by atoms with Gasteiger partial charge >= 0.3 is 6.18 Å². The molecule has 1 aromatic heterocycles. The maximum Gasteiger partial charge on any atom is 0.433 e. The van der Waals surface area contributed by atoms with E-state index < -0.39 is 21.9 Å². The second-order valence-electron chi connectivity index (χ2n) is 7.02. The Kier molecular flexibility index (Phi) is 6.99. The van der Waals surface area contributed by atoms with Gasteiger partial charge in [-0.15, -0.1) is 0 Å². The van der Waals surface area contributed by atoms with Gasteiger partial charge in [0.15, 0.2) is 0 Å². The number of rotatable bonds is 7. The van der Waals surface area contributed by atoms with Gasteiger partial charge in [0, 0.05) is 30.3 Å². The minimum absolute atomic E-state index is 0.0121. The van der Waals surface area contributed by atoms with Gasteiger partial charge in [0.1, 0.15) is 11.4 Å². The number of pyridine rings is 1. The average Bonchev–Trinajstić information content (AvgIpc) is 2.73. The minimum atomic E-state index is -4.47. The molecule has 2 heterocycles. The first kappa shape index (κ1) is 22.5. The van der Waals surface area contributed by atoms with Crippen molar-refractivity contribution in [2.45, 2.75) is 25.6 Å². The third kappa shape index (κ3) is 5.93. The largest absolute Gasteiger partial charge is 0.493 e. The van der Waals surface area contributed by atoms with E-state index in [9.17, 15) is 21.6 Å². The molecule has 0 radical (unpaired) electrons. The highest BCUT2D eigenvalue weighted by atomic mass is 32.2. The van der Waals surface area contributed by atoms with Crippen LogP contribution in [0.3, 0.4) is 0 Å². The van der Waals surface area contributed by atoms with Crippen LogP contribution in [0.1, 0.15) is 19.0 Å². The van der Waals surface area contributed by atoms with Crippen molar-refractivity contribution in [3.63, 3.8) is 0 Å². The average molecular weight is 444 g/mol. The number of aromatic nitrogens is 1. The van der Waals surface area contributed by atoms with Gasteiger partial charge in [-0.05, 0) is 37.1 Å². The van der Waals surface area contributed by atoms with E-state index in [1.165, 1.54) is 12.3 Å². The van der Waals surface area contributed by atoms with E-state index in [2.05, 4.69) is 9.71 Å². The van der Waals surface area contributed by atoms with Crippen molar-refractivity contribution in [2.24, 2.45) is 5.92 Å². The fourth-order valence-electron chi connectivity index (χ4n) is 3.11. The Morgan fingerprint density at radius 3 is 2.47 bits per heavy atom. The standard InChI is InChI=1S/C20H23F3N2O4S/c1-2-30(26,27)25-18-9-10-28-12-16(18)13-29-17-6-3-14(4-7-17)15-5-8-19(24-11-15)20(21,22)23/h3-8,11,16,18,25H,2,9-10,12-13H2,1H3/t16-,18+/m1/s1. The summed E-state index contributed by atoms with van der Waals surface area (Å²) < 4.78 is 75.6. The molecule has 1 fully saturated rings. The zero-order valence-electron chi connectivity index (χ0n) is 16.4. The van der Waals surface area contributed by atoms with Crippen LogP contribution in [0.5, 0.6) is 5.75 Å². The molecule has 1 aliphatic rings. The summed E-state index contributed by atoms with van der Waals surface area (Å²) in [6.07, 6.45) is -2.71. The number of hydrogen-bond acceptors (Lipinski definition) is 5. The van der Waals surface area contributed by atoms with Gasteiger partial charge in [0.25, 0.3) is 0 Å². The minimum Gasteiger partial charge on any atom is -0.493 e. The first-order valence-corrected chi connectivity index (χ1v) is 11.2. The number of benzene rings is 1. The first-order chi connectivity index (χ1) is 14.2. The second kappa shape index (κ2) is 9.32. The molecule has 3 rings (SSSR count). The molecule has 0 unspecified atom stereocenters.